The van der Waals surface area contributed by atoms with Gasteiger partial charge in [0, 0.05) is 0 Å². The van der Waals surface area contributed by atoms with Crippen LogP contribution in [-0.2, 0) is 16.7 Å². The van der Waals surface area contributed by atoms with E-state index in [0.29, 0.717) is 6.54 Å². The molecule has 0 saturated carbocycles. The maximum absolute atomic E-state index is 12.1. The van der Waals surface area contributed by atoms with Crippen molar-refractivity contribution in [1.29, 1.82) is 0 Å². The highest BCUT2D eigenvalue weighted by Gasteiger charge is 2.40. The largest absolute Gasteiger partial charge is 0.444 e. The smallest absolute Gasteiger partial charge is 0.408 e. The third-order valence-corrected chi connectivity index (χ3v) is 3.67. The number of hydrogen-bond acceptors (Lipinski definition) is 3. The summed E-state index contributed by atoms with van der Waals surface area (Å²) in [5.41, 5.74) is 7.35. The Morgan fingerprint density at radius 3 is 2.75 bits per heavy atom. The molecule has 3 N–H and O–H groups in total. The summed E-state index contributed by atoms with van der Waals surface area (Å²) in [7, 11) is 0. The summed E-state index contributed by atoms with van der Waals surface area (Å²) in [6, 6.07) is 8.23. The van der Waals surface area contributed by atoms with Gasteiger partial charge in [-0.1, -0.05) is 24.3 Å². The lowest BCUT2D eigenvalue weighted by atomic mass is 9.88. The first-order chi connectivity index (χ1) is 9.36. The van der Waals surface area contributed by atoms with Crippen LogP contribution in [0, 0.1) is 0 Å². The number of carbonyl (C=O) groups excluding carboxylic acids is 1. The maximum Gasteiger partial charge on any atom is 0.408 e. The summed E-state index contributed by atoms with van der Waals surface area (Å²) >= 11 is 0. The number of rotatable bonds is 3. The fourth-order valence-electron chi connectivity index (χ4n) is 2.89. The first kappa shape index (κ1) is 14.9. The quantitative estimate of drug-likeness (QED) is 0.892. The number of amides is 1. The van der Waals surface area contributed by atoms with Gasteiger partial charge in [0.1, 0.15) is 5.60 Å². The van der Waals surface area contributed by atoms with Crippen LogP contribution in [0.15, 0.2) is 24.3 Å². The molecule has 1 atom stereocenters. The zero-order valence-corrected chi connectivity index (χ0v) is 12.5. The molecule has 4 nitrogen and oxygen atoms in total. The molecule has 0 aliphatic heterocycles. The van der Waals surface area contributed by atoms with Crippen molar-refractivity contribution in [2.45, 2.75) is 51.2 Å². The number of hydrogen-bond donors (Lipinski definition) is 2. The molecule has 0 radical (unpaired) electrons. The lowest BCUT2D eigenvalue weighted by Crippen LogP contribution is -2.47. The Labute approximate surface area is 120 Å². The first-order valence-corrected chi connectivity index (χ1v) is 7.16. The van der Waals surface area contributed by atoms with Gasteiger partial charge in [-0.2, -0.15) is 0 Å². The second-order valence-corrected chi connectivity index (χ2v) is 6.40. The van der Waals surface area contributed by atoms with Gasteiger partial charge in [0.05, 0.1) is 5.54 Å². The standard InChI is InChI=1S/C16H24N2O2/c1-15(2,3)20-14(19)18-16(10-11-17)9-8-12-6-4-5-7-13(12)16/h4-7H,8-11,17H2,1-3H3,(H,18,19). The minimum Gasteiger partial charge on any atom is -0.444 e. The van der Waals surface area contributed by atoms with E-state index in [4.69, 9.17) is 10.5 Å². The van der Waals surface area contributed by atoms with Gasteiger partial charge in [-0.3, -0.25) is 0 Å². The summed E-state index contributed by atoms with van der Waals surface area (Å²) in [5, 5.41) is 3.06. The number of alkyl carbamates (subject to hydrolysis) is 1. The van der Waals surface area contributed by atoms with E-state index in [1.165, 1.54) is 11.1 Å². The molecule has 4 heteroatoms. The van der Waals surface area contributed by atoms with Crippen LogP contribution >= 0.6 is 0 Å². The Kier molecular flexibility index (Phi) is 4.04. The summed E-state index contributed by atoms with van der Waals surface area (Å²) in [5.74, 6) is 0. The molecule has 1 aromatic carbocycles. The molecule has 0 saturated heterocycles. The summed E-state index contributed by atoms with van der Waals surface area (Å²) < 4.78 is 5.40. The Morgan fingerprint density at radius 2 is 2.10 bits per heavy atom. The second kappa shape index (κ2) is 5.44. The molecule has 0 bridgehead atoms. The Balaban J connectivity index is 2.22. The van der Waals surface area contributed by atoms with Crippen LogP contribution in [0.3, 0.4) is 0 Å². The minimum atomic E-state index is -0.494. The van der Waals surface area contributed by atoms with Gasteiger partial charge in [0.25, 0.3) is 0 Å². The second-order valence-electron chi connectivity index (χ2n) is 6.40. The maximum atomic E-state index is 12.1. The van der Waals surface area contributed by atoms with Crippen LogP contribution in [0.4, 0.5) is 4.79 Å². The van der Waals surface area contributed by atoms with Crippen molar-refractivity contribution in [1.82, 2.24) is 5.32 Å². The summed E-state index contributed by atoms with van der Waals surface area (Å²) in [6.07, 6.45) is 2.19. The van der Waals surface area contributed by atoms with Crippen molar-refractivity contribution in [3.05, 3.63) is 35.4 Å². The third kappa shape index (κ3) is 3.12. The van der Waals surface area contributed by atoms with Gasteiger partial charge < -0.3 is 15.8 Å². The predicted octanol–water partition coefficient (Wildman–Crippen LogP) is 2.70. The summed E-state index contributed by atoms with van der Waals surface area (Å²) in [6.45, 7) is 6.13. The fourth-order valence-corrected chi connectivity index (χ4v) is 2.89. The lowest BCUT2D eigenvalue weighted by molar-refractivity contribution is 0.0446. The molecule has 0 aromatic heterocycles. The molecule has 0 heterocycles. The molecule has 1 aliphatic rings. The number of ether oxygens (including phenoxy) is 1. The van der Waals surface area contributed by atoms with E-state index < -0.39 is 5.60 Å². The monoisotopic (exact) mass is 276 g/mol. The number of benzene rings is 1. The average molecular weight is 276 g/mol. The normalized spacial score (nSPS) is 21.4. The van der Waals surface area contributed by atoms with Crippen LogP contribution in [-0.4, -0.2) is 18.2 Å². The van der Waals surface area contributed by atoms with E-state index in [2.05, 4.69) is 17.4 Å². The van der Waals surface area contributed by atoms with E-state index in [1.807, 2.05) is 32.9 Å². The van der Waals surface area contributed by atoms with Gasteiger partial charge in [0.15, 0.2) is 0 Å². The van der Waals surface area contributed by atoms with E-state index in [0.717, 1.165) is 19.3 Å². The van der Waals surface area contributed by atoms with Crippen molar-refractivity contribution in [3.63, 3.8) is 0 Å². The zero-order chi connectivity index (χ0) is 14.8. The van der Waals surface area contributed by atoms with Crippen LogP contribution in [0.5, 0.6) is 0 Å². The number of nitrogens with one attached hydrogen (secondary N) is 1. The van der Waals surface area contributed by atoms with Crippen LogP contribution in [0.2, 0.25) is 0 Å². The van der Waals surface area contributed by atoms with E-state index in [9.17, 15) is 4.79 Å². The van der Waals surface area contributed by atoms with Crippen LogP contribution in [0.1, 0.15) is 44.7 Å². The van der Waals surface area contributed by atoms with Gasteiger partial charge in [-0.25, -0.2) is 4.79 Å². The first-order valence-electron chi connectivity index (χ1n) is 7.16. The average Bonchev–Trinajstić information content (AvgIpc) is 2.67. The number of fused-ring (bicyclic) bond motifs is 1. The van der Waals surface area contributed by atoms with Crippen molar-refractivity contribution < 1.29 is 9.53 Å². The molecule has 1 amide bonds. The van der Waals surface area contributed by atoms with Crippen LogP contribution in [0.25, 0.3) is 0 Å². The Hall–Kier alpha value is -1.55. The number of carbonyl (C=O) groups is 1. The molecular formula is C16H24N2O2. The molecule has 0 fully saturated rings. The number of nitrogens with two attached hydrogens (primary N) is 1. The van der Waals surface area contributed by atoms with E-state index in [-0.39, 0.29) is 11.6 Å². The van der Waals surface area contributed by atoms with E-state index >= 15 is 0 Å². The molecule has 0 spiro atoms. The molecule has 2 rings (SSSR count). The molecular weight excluding hydrogens is 252 g/mol. The molecule has 1 unspecified atom stereocenters. The Bertz CT molecular complexity index is 489. The number of aryl methyl sites for hydroxylation is 1. The minimum absolute atomic E-state index is 0.373. The SMILES string of the molecule is CC(C)(C)OC(=O)NC1(CCN)CCc2ccccc21. The molecule has 1 aliphatic carbocycles. The lowest BCUT2D eigenvalue weighted by Gasteiger charge is -2.32. The van der Waals surface area contributed by atoms with Crippen molar-refractivity contribution in [2.24, 2.45) is 5.73 Å². The molecule has 20 heavy (non-hydrogen) atoms. The van der Waals surface area contributed by atoms with E-state index in [1.54, 1.807) is 0 Å². The summed E-state index contributed by atoms with van der Waals surface area (Å²) in [4.78, 5) is 12.1. The van der Waals surface area contributed by atoms with Gasteiger partial charge in [-0.15, -0.1) is 0 Å². The Morgan fingerprint density at radius 1 is 1.40 bits per heavy atom. The van der Waals surface area contributed by atoms with Crippen molar-refractivity contribution in [2.75, 3.05) is 6.54 Å². The van der Waals surface area contributed by atoms with Gasteiger partial charge in [0.2, 0.25) is 0 Å². The van der Waals surface area contributed by atoms with Crippen molar-refractivity contribution in [3.8, 4) is 0 Å². The van der Waals surface area contributed by atoms with Crippen LogP contribution < -0.4 is 11.1 Å². The highest BCUT2D eigenvalue weighted by molar-refractivity contribution is 5.69. The van der Waals surface area contributed by atoms with Crippen molar-refractivity contribution >= 4 is 6.09 Å². The van der Waals surface area contributed by atoms with Gasteiger partial charge >= 0.3 is 6.09 Å². The highest BCUT2D eigenvalue weighted by Crippen LogP contribution is 2.39. The molecule has 110 valence electrons. The van der Waals surface area contributed by atoms with Gasteiger partial charge in [-0.05, 0) is 57.7 Å². The fraction of sp³-hybridized carbons (Fsp3) is 0.562. The third-order valence-electron chi connectivity index (χ3n) is 3.67. The topological polar surface area (TPSA) is 64.3 Å². The zero-order valence-electron chi connectivity index (χ0n) is 12.5. The highest BCUT2D eigenvalue weighted by atomic mass is 16.6. The predicted molar refractivity (Wildman–Crippen MR) is 79.5 cm³/mol. The molecule has 1 aromatic rings.